The second kappa shape index (κ2) is 12.7. The van der Waals surface area contributed by atoms with E-state index in [1.807, 2.05) is 0 Å². The summed E-state index contributed by atoms with van der Waals surface area (Å²) in [6.45, 7) is 2.70. The Balaban J connectivity index is 0.000000362. The minimum atomic E-state index is -5.08. The lowest BCUT2D eigenvalue weighted by Crippen LogP contribution is -2.46. The van der Waals surface area contributed by atoms with Crippen molar-refractivity contribution in [1.29, 1.82) is 0 Å². The van der Waals surface area contributed by atoms with Crippen molar-refractivity contribution in [3.8, 4) is 0 Å². The Labute approximate surface area is 196 Å². The number of alkyl halides is 6. The topological polar surface area (TPSA) is 129 Å². The Morgan fingerprint density at radius 2 is 1.71 bits per heavy atom. The molecule has 1 amide bonds. The molecule has 0 unspecified atom stereocenters. The number of ether oxygens (including phenoxy) is 1. The fraction of sp³-hybridized carbons (Fsp3) is 0.600. The molecule has 3 N–H and O–H groups in total. The molecule has 2 fully saturated rings. The van der Waals surface area contributed by atoms with Gasteiger partial charge in [0.1, 0.15) is 0 Å². The number of nitrogens with one attached hydrogen (secondary N) is 1. The maximum absolute atomic E-state index is 12.0. The van der Waals surface area contributed by atoms with Crippen LogP contribution >= 0.6 is 0 Å². The van der Waals surface area contributed by atoms with Crippen LogP contribution in [0.25, 0.3) is 0 Å². The summed E-state index contributed by atoms with van der Waals surface area (Å²) >= 11 is 0. The lowest BCUT2D eigenvalue weighted by atomic mass is 9.90. The number of pyridine rings is 1. The Bertz CT molecular complexity index is 824. The highest BCUT2D eigenvalue weighted by Gasteiger charge is 2.42. The van der Waals surface area contributed by atoms with Gasteiger partial charge in [0.2, 0.25) is 0 Å². The molecule has 2 atom stereocenters. The number of hydrogen-bond donors (Lipinski definition) is 3. The van der Waals surface area contributed by atoms with Gasteiger partial charge in [-0.05, 0) is 44.9 Å². The van der Waals surface area contributed by atoms with Gasteiger partial charge in [0.25, 0.3) is 5.91 Å². The van der Waals surface area contributed by atoms with Gasteiger partial charge >= 0.3 is 24.3 Å². The molecule has 198 valence electrons. The Kier molecular flexibility index (Phi) is 10.9. The zero-order valence-corrected chi connectivity index (χ0v) is 18.5. The van der Waals surface area contributed by atoms with Crippen molar-refractivity contribution in [3.63, 3.8) is 0 Å². The molecule has 0 radical (unpaired) electrons. The van der Waals surface area contributed by atoms with Crippen LogP contribution in [0.4, 0.5) is 26.3 Å². The highest BCUT2D eigenvalue weighted by molar-refractivity contribution is 5.93. The Hall–Kier alpha value is -2.94. The first-order chi connectivity index (χ1) is 16.1. The van der Waals surface area contributed by atoms with Crippen LogP contribution < -0.4 is 5.32 Å². The summed E-state index contributed by atoms with van der Waals surface area (Å²) in [5.41, 5.74) is 0.625. The number of nitrogens with zero attached hydrogens (tertiary/aromatic N) is 2. The van der Waals surface area contributed by atoms with Gasteiger partial charge in [0.05, 0.1) is 17.3 Å². The van der Waals surface area contributed by atoms with E-state index in [0.29, 0.717) is 12.1 Å². The summed E-state index contributed by atoms with van der Waals surface area (Å²) in [4.78, 5) is 36.1. The monoisotopic (exact) mass is 517 g/mol. The van der Waals surface area contributed by atoms with Gasteiger partial charge in [0.15, 0.2) is 0 Å². The van der Waals surface area contributed by atoms with Gasteiger partial charge in [-0.15, -0.1) is 0 Å². The van der Waals surface area contributed by atoms with Crippen LogP contribution in [0.1, 0.15) is 36.0 Å². The summed E-state index contributed by atoms with van der Waals surface area (Å²) in [6, 6.07) is 3.55. The first-order valence-corrected chi connectivity index (χ1v) is 10.2. The molecule has 0 aliphatic carbocycles. The lowest BCUT2D eigenvalue weighted by molar-refractivity contribution is -0.193. The van der Waals surface area contributed by atoms with Crippen LogP contribution in [-0.2, 0) is 14.3 Å². The molecular formula is C20H25F6N3O6. The Morgan fingerprint density at radius 1 is 1.14 bits per heavy atom. The third kappa shape index (κ3) is 10.9. The average Bonchev–Trinajstić information content (AvgIpc) is 3.11. The summed E-state index contributed by atoms with van der Waals surface area (Å²) in [5.74, 6) is -5.59. The van der Waals surface area contributed by atoms with E-state index in [1.54, 1.807) is 24.5 Å². The molecular weight excluding hydrogens is 492 g/mol. The molecule has 3 rings (SSSR count). The Morgan fingerprint density at radius 3 is 2.14 bits per heavy atom. The first-order valence-electron chi connectivity index (χ1n) is 10.2. The average molecular weight is 517 g/mol. The highest BCUT2D eigenvalue weighted by Crippen LogP contribution is 2.35. The number of carboxylic acids is 2. The number of carboxylic acid groups (broad SMARTS) is 2. The number of hydrogen-bond acceptors (Lipinski definition) is 6. The molecule has 0 bridgehead atoms. The maximum atomic E-state index is 12.0. The summed E-state index contributed by atoms with van der Waals surface area (Å²) in [5, 5.41) is 17.2. The van der Waals surface area contributed by atoms with Crippen molar-refractivity contribution in [2.24, 2.45) is 0 Å². The minimum Gasteiger partial charge on any atom is -0.475 e. The number of carbonyl (C=O) groups is 3. The molecule has 3 heterocycles. The van der Waals surface area contributed by atoms with E-state index in [0.717, 1.165) is 32.4 Å². The summed E-state index contributed by atoms with van der Waals surface area (Å²) < 4.78 is 69.8. The van der Waals surface area contributed by atoms with Gasteiger partial charge in [-0.3, -0.25) is 9.78 Å². The highest BCUT2D eigenvalue weighted by atomic mass is 19.4. The van der Waals surface area contributed by atoms with Gasteiger partial charge < -0.3 is 25.2 Å². The zero-order valence-electron chi connectivity index (χ0n) is 18.5. The number of likely N-dealkylation sites (N-methyl/N-ethyl adjacent to an activating group) is 1. The van der Waals surface area contributed by atoms with E-state index in [2.05, 4.69) is 22.2 Å². The lowest BCUT2D eigenvalue weighted by Gasteiger charge is -2.38. The molecule has 15 heteroatoms. The largest absolute Gasteiger partial charge is 0.490 e. The number of halogens is 6. The number of aliphatic carboxylic acids is 2. The predicted octanol–water partition coefficient (Wildman–Crippen LogP) is 2.72. The fourth-order valence-electron chi connectivity index (χ4n) is 3.42. The van der Waals surface area contributed by atoms with E-state index >= 15 is 0 Å². The zero-order chi connectivity index (χ0) is 26.9. The third-order valence-electron chi connectivity index (χ3n) is 4.98. The molecule has 1 aromatic heterocycles. The SMILES string of the molecule is CN1CC[C@]2(CCC[C@H](CNC(=O)c3cccnc3)O2)C1.O=C(O)C(F)(F)F.O=C(O)C(F)(F)F. The van der Waals surface area contributed by atoms with Crippen LogP contribution in [-0.4, -0.2) is 88.7 Å². The van der Waals surface area contributed by atoms with Crippen LogP contribution in [0.3, 0.4) is 0 Å². The molecule has 35 heavy (non-hydrogen) atoms. The van der Waals surface area contributed by atoms with Gasteiger partial charge in [-0.25, -0.2) is 9.59 Å². The van der Waals surface area contributed by atoms with Crippen molar-refractivity contribution >= 4 is 17.8 Å². The third-order valence-corrected chi connectivity index (χ3v) is 4.98. The van der Waals surface area contributed by atoms with Crippen LogP contribution in [0.2, 0.25) is 0 Å². The van der Waals surface area contributed by atoms with Crippen LogP contribution in [0, 0.1) is 0 Å². The molecule has 2 saturated heterocycles. The van der Waals surface area contributed by atoms with Crippen LogP contribution in [0.5, 0.6) is 0 Å². The number of aromatic nitrogens is 1. The smallest absolute Gasteiger partial charge is 0.475 e. The van der Waals surface area contributed by atoms with Crippen LogP contribution in [0.15, 0.2) is 24.5 Å². The van der Waals surface area contributed by atoms with E-state index in [4.69, 9.17) is 24.5 Å². The fourth-order valence-corrected chi connectivity index (χ4v) is 3.42. The molecule has 1 aromatic rings. The summed E-state index contributed by atoms with van der Waals surface area (Å²) in [7, 11) is 2.14. The summed E-state index contributed by atoms with van der Waals surface area (Å²) in [6.07, 6.45) is -2.32. The standard InChI is InChI=1S/C16H23N3O2.2C2HF3O2/c1-19-9-7-16(12-19)6-2-5-14(21-16)11-18-15(20)13-4-3-8-17-10-13;2*3-2(4,5)1(6)7/h3-4,8,10,14H,2,5-7,9,11-12H2,1H3,(H,18,20);2*(H,6,7)/t14-,16-;;/m1../s1. The van der Waals surface area contributed by atoms with Crippen molar-refractivity contribution in [3.05, 3.63) is 30.1 Å². The van der Waals surface area contributed by atoms with Crippen molar-refractivity contribution in [2.45, 2.75) is 49.7 Å². The second-order valence-electron chi connectivity index (χ2n) is 7.86. The van der Waals surface area contributed by atoms with E-state index in [-0.39, 0.29) is 17.6 Å². The van der Waals surface area contributed by atoms with E-state index in [9.17, 15) is 31.1 Å². The van der Waals surface area contributed by atoms with Crippen molar-refractivity contribution < 1.29 is 55.7 Å². The van der Waals surface area contributed by atoms with E-state index in [1.165, 1.54) is 6.42 Å². The van der Waals surface area contributed by atoms with Crippen molar-refractivity contribution in [1.82, 2.24) is 15.2 Å². The molecule has 2 aliphatic rings. The predicted molar refractivity (Wildman–Crippen MR) is 108 cm³/mol. The van der Waals surface area contributed by atoms with E-state index < -0.39 is 24.3 Å². The normalized spacial score (nSPS) is 22.3. The molecule has 0 aromatic carbocycles. The minimum absolute atomic E-state index is 0.0245. The maximum Gasteiger partial charge on any atom is 0.490 e. The number of amides is 1. The molecule has 1 spiro atoms. The molecule has 0 saturated carbocycles. The number of carbonyl (C=O) groups excluding carboxylic acids is 1. The number of likely N-dealkylation sites (tertiary alicyclic amines) is 1. The van der Waals surface area contributed by atoms with Gasteiger partial charge in [-0.2, -0.15) is 26.3 Å². The first kappa shape index (κ1) is 30.1. The second-order valence-corrected chi connectivity index (χ2v) is 7.86. The van der Waals surface area contributed by atoms with Crippen molar-refractivity contribution in [2.75, 3.05) is 26.7 Å². The number of rotatable bonds is 3. The molecule has 2 aliphatic heterocycles. The molecule has 9 nitrogen and oxygen atoms in total. The van der Waals surface area contributed by atoms with Gasteiger partial charge in [-0.1, -0.05) is 0 Å². The van der Waals surface area contributed by atoms with Gasteiger partial charge in [0, 0.05) is 32.0 Å². The quantitative estimate of drug-likeness (QED) is 0.522.